The highest BCUT2D eigenvalue weighted by molar-refractivity contribution is 5.32. The first kappa shape index (κ1) is 16.3. The number of ether oxygens (including phenoxy) is 1. The van der Waals surface area contributed by atoms with E-state index in [2.05, 4.69) is 44.3 Å². The van der Waals surface area contributed by atoms with E-state index in [4.69, 9.17) is 4.74 Å². The molecule has 0 radical (unpaired) electrons. The summed E-state index contributed by atoms with van der Waals surface area (Å²) in [7, 11) is 0. The predicted molar refractivity (Wildman–Crippen MR) is 86.9 cm³/mol. The second-order valence-corrected chi connectivity index (χ2v) is 6.39. The van der Waals surface area contributed by atoms with Gasteiger partial charge >= 0.3 is 0 Å². The van der Waals surface area contributed by atoms with Gasteiger partial charge in [-0.05, 0) is 68.8 Å². The number of aryl methyl sites for hydroxylation is 2. The molecule has 0 amide bonds. The minimum atomic E-state index is -0.0827. The maximum absolute atomic E-state index is 9.80. The molecule has 1 fully saturated rings. The molecule has 0 bridgehead atoms. The first-order chi connectivity index (χ1) is 10.1. The van der Waals surface area contributed by atoms with Crippen LogP contribution in [-0.4, -0.2) is 30.4 Å². The smallest absolute Gasteiger partial charge is 0.119 e. The van der Waals surface area contributed by atoms with E-state index in [9.17, 15) is 5.11 Å². The third kappa shape index (κ3) is 3.98. The molecule has 0 aliphatic heterocycles. The third-order valence-corrected chi connectivity index (χ3v) is 4.70. The monoisotopic (exact) mass is 291 g/mol. The molecule has 0 heterocycles. The Morgan fingerprint density at radius 2 is 2.00 bits per heavy atom. The molecule has 1 aliphatic rings. The Morgan fingerprint density at radius 3 is 2.62 bits per heavy atom. The standard InChI is InChI=1S/C18H29NO2/c1-4-19-18(13-20)8-5-6-16(18)7-9-21-17-11-14(2)10-15(3)12-17/h10-12,16,19-20H,4-9,13H2,1-3H3. The number of hydrogen-bond acceptors (Lipinski definition) is 3. The lowest BCUT2D eigenvalue weighted by Crippen LogP contribution is -2.51. The summed E-state index contributed by atoms with van der Waals surface area (Å²) in [6.45, 7) is 8.17. The molecule has 0 saturated heterocycles. The maximum atomic E-state index is 9.80. The molecule has 0 spiro atoms. The zero-order valence-electron chi connectivity index (χ0n) is 13.6. The fourth-order valence-corrected chi connectivity index (χ4v) is 3.75. The van der Waals surface area contributed by atoms with Gasteiger partial charge in [0, 0.05) is 5.54 Å². The van der Waals surface area contributed by atoms with Crippen molar-refractivity contribution in [2.45, 2.75) is 52.0 Å². The number of aliphatic hydroxyl groups is 1. The molecule has 3 nitrogen and oxygen atoms in total. The number of benzene rings is 1. The summed E-state index contributed by atoms with van der Waals surface area (Å²) in [6, 6.07) is 6.34. The van der Waals surface area contributed by atoms with Crippen molar-refractivity contribution in [1.29, 1.82) is 0 Å². The van der Waals surface area contributed by atoms with Crippen molar-refractivity contribution in [2.75, 3.05) is 19.8 Å². The van der Waals surface area contributed by atoms with Crippen LogP contribution in [0.4, 0.5) is 0 Å². The van der Waals surface area contributed by atoms with Crippen molar-refractivity contribution < 1.29 is 9.84 Å². The Kier molecular flexibility index (Phi) is 5.65. The molecule has 1 aromatic carbocycles. The quantitative estimate of drug-likeness (QED) is 0.810. The number of nitrogens with one attached hydrogen (secondary N) is 1. The third-order valence-electron chi connectivity index (χ3n) is 4.70. The van der Waals surface area contributed by atoms with E-state index in [1.807, 2.05) is 0 Å². The summed E-state index contributed by atoms with van der Waals surface area (Å²) >= 11 is 0. The molecule has 1 saturated carbocycles. The zero-order valence-corrected chi connectivity index (χ0v) is 13.6. The van der Waals surface area contributed by atoms with Gasteiger partial charge in [-0.3, -0.25) is 0 Å². The van der Waals surface area contributed by atoms with E-state index in [-0.39, 0.29) is 12.1 Å². The topological polar surface area (TPSA) is 41.5 Å². The van der Waals surface area contributed by atoms with Crippen LogP contribution < -0.4 is 10.1 Å². The lowest BCUT2D eigenvalue weighted by molar-refractivity contribution is 0.111. The summed E-state index contributed by atoms with van der Waals surface area (Å²) in [4.78, 5) is 0. The van der Waals surface area contributed by atoms with E-state index < -0.39 is 0 Å². The van der Waals surface area contributed by atoms with Gasteiger partial charge in [-0.25, -0.2) is 0 Å². The Labute approximate surface area is 128 Å². The van der Waals surface area contributed by atoms with Crippen LogP contribution in [0.15, 0.2) is 18.2 Å². The van der Waals surface area contributed by atoms with Gasteiger partial charge < -0.3 is 15.2 Å². The minimum absolute atomic E-state index is 0.0827. The summed E-state index contributed by atoms with van der Waals surface area (Å²) in [5.41, 5.74) is 2.40. The first-order valence-corrected chi connectivity index (χ1v) is 8.16. The Hall–Kier alpha value is -1.06. The highest BCUT2D eigenvalue weighted by Crippen LogP contribution is 2.37. The molecule has 2 atom stereocenters. The highest BCUT2D eigenvalue weighted by Gasteiger charge is 2.41. The molecule has 1 aliphatic carbocycles. The van der Waals surface area contributed by atoms with Gasteiger partial charge in [0.15, 0.2) is 0 Å². The van der Waals surface area contributed by atoms with E-state index in [0.717, 1.165) is 31.7 Å². The maximum Gasteiger partial charge on any atom is 0.119 e. The van der Waals surface area contributed by atoms with Crippen LogP contribution in [0.25, 0.3) is 0 Å². The molecular formula is C18H29NO2. The summed E-state index contributed by atoms with van der Waals surface area (Å²) < 4.78 is 5.94. The van der Waals surface area contributed by atoms with Gasteiger partial charge in [-0.15, -0.1) is 0 Å². The van der Waals surface area contributed by atoms with Crippen LogP contribution in [0.5, 0.6) is 5.75 Å². The summed E-state index contributed by atoms with van der Waals surface area (Å²) in [6.07, 6.45) is 4.46. The fourth-order valence-electron chi connectivity index (χ4n) is 3.75. The van der Waals surface area contributed by atoms with Crippen LogP contribution in [0.3, 0.4) is 0 Å². The highest BCUT2D eigenvalue weighted by atomic mass is 16.5. The average Bonchev–Trinajstić information content (AvgIpc) is 2.82. The van der Waals surface area contributed by atoms with Crippen LogP contribution in [-0.2, 0) is 0 Å². The van der Waals surface area contributed by atoms with Crippen molar-refractivity contribution in [2.24, 2.45) is 5.92 Å². The Morgan fingerprint density at radius 1 is 1.29 bits per heavy atom. The largest absolute Gasteiger partial charge is 0.494 e. The first-order valence-electron chi connectivity index (χ1n) is 8.16. The molecule has 3 heteroatoms. The molecule has 0 aromatic heterocycles. The fraction of sp³-hybridized carbons (Fsp3) is 0.667. The molecule has 2 rings (SSSR count). The van der Waals surface area contributed by atoms with Gasteiger partial charge in [0.1, 0.15) is 5.75 Å². The average molecular weight is 291 g/mol. The summed E-state index contributed by atoms with van der Waals surface area (Å²) in [5.74, 6) is 1.47. The SMILES string of the molecule is CCNC1(CO)CCCC1CCOc1cc(C)cc(C)c1. The second kappa shape index (κ2) is 7.28. The lowest BCUT2D eigenvalue weighted by Gasteiger charge is -2.34. The van der Waals surface area contributed by atoms with Gasteiger partial charge in [0.05, 0.1) is 13.2 Å². The molecular weight excluding hydrogens is 262 g/mol. The minimum Gasteiger partial charge on any atom is -0.494 e. The summed E-state index contributed by atoms with van der Waals surface area (Å²) in [5, 5.41) is 13.3. The van der Waals surface area contributed by atoms with Crippen molar-refractivity contribution in [3.8, 4) is 5.75 Å². The number of likely N-dealkylation sites (N-methyl/N-ethyl adjacent to an activating group) is 1. The van der Waals surface area contributed by atoms with Crippen LogP contribution in [0.1, 0.15) is 43.7 Å². The van der Waals surface area contributed by atoms with E-state index in [0.29, 0.717) is 5.92 Å². The van der Waals surface area contributed by atoms with E-state index in [1.54, 1.807) is 0 Å². The van der Waals surface area contributed by atoms with Crippen molar-refractivity contribution in [3.63, 3.8) is 0 Å². The number of hydrogen-bond donors (Lipinski definition) is 2. The molecule has 118 valence electrons. The van der Waals surface area contributed by atoms with Gasteiger partial charge in [-0.1, -0.05) is 19.4 Å². The van der Waals surface area contributed by atoms with E-state index >= 15 is 0 Å². The normalized spacial score (nSPS) is 25.2. The number of rotatable bonds is 7. The van der Waals surface area contributed by atoms with Gasteiger partial charge in [-0.2, -0.15) is 0 Å². The molecule has 2 N–H and O–H groups in total. The van der Waals surface area contributed by atoms with Gasteiger partial charge in [0.2, 0.25) is 0 Å². The second-order valence-electron chi connectivity index (χ2n) is 6.39. The van der Waals surface area contributed by atoms with Crippen molar-refractivity contribution in [1.82, 2.24) is 5.32 Å². The van der Waals surface area contributed by atoms with Crippen LogP contribution >= 0.6 is 0 Å². The predicted octanol–water partition coefficient (Wildman–Crippen LogP) is 3.21. The van der Waals surface area contributed by atoms with Crippen LogP contribution in [0, 0.1) is 19.8 Å². The number of aliphatic hydroxyl groups excluding tert-OH is 1. The molecule has 2 unspecified atom stereocenters. The Bertz CT molecular complexity index is 440. The Balaban J connectivity index is 1.90. The molecule has 1 aromatic rings. The zero-order chi connectivity index (χ0) is 15.3. The van der Waals surface area contributed by atoms with E-state index in [1.165, 1.54) is 24.0 Å². The molecule has 21 heavy (non-hydrogen) atoms. The van der Waals surface area contributed by atoms with Crippen molar-refractivity contribution in [3.05, 3.63) is 29.3 Å². The van der Waals surface area contributed by atoms with Crippen molar-refractivity contribution >= 4 is 0 Å². The lowest BCUT2D eigenvalue weighted by atomic mass is 9.85. The van der Waals surface area contributed by atoms with Crippen LogP contribution in [0.2, 0.25) is 0 Å². The van der Waals surface area contributed by atoms with Gasteiger partial charge in [0.25, 0.3) is 0 Å².